The summed E-state index contributed by atoms with van der Waals surface area (Å²) in [5.74, 6) is -0.765. The van der Waals surface area contributed by atoms with E-state index in [9.17, 15) is 18.0 Å². The van der Waals surface area contributed by atoms with Gasteiger partial charge in [0.15, 0.2) is 0 Å². The molecule has 0 spiro atoms. The minimum atomic E-state index is -4.14. The van der Waals surface area contributed by atoms with Gasteiger partial charge in [0, 0.05) is 17.1 Å². The van der Waals surface area contributed by atoms with Gasteiger partial charge in [-0.3, -0.25) is 13.9 Å². The second-order valence-electron chi connectivity index (χ2n) is 10.7. The Kier molecular flexibility index (Phi) is 10.4. The third kappa shape index (κ3) is 8.08. The van der Waals surface area contributed by atoms with Crippen LogP contribution in [-0.2, 0) is 26.0 Å². The molecule has 0 heterocycles. The van der Waals surface area contributed by atoms with Crippen LogP contribution < -0.4 is 9.62 Å². The van der Waals surface area contributed by atoms with Gasteiger partial charge in [-0.2, -0.15) is 0 Å². The molecule has 9 heteroatoms. The number of sulfonamides is 1. The van der Waals surface area contributed by atoms with Crippen molar-refractivity contribution in [2.45, 2.75) is 63.9 Å². The van der Waals surface area contributed by atoms with E-state index in [4.69, 9.17) is 11.6 Å². The van der Waals surface area contributed by atoms with Crippen LogP contribution in [0, 0.1) is 6.92 Å². The van der Waals surface area contributed by atoms with Crippen molar-refractivity contribution in [1.29, 1.82) is 0 Å². The summed E-state index contributed by atoms with van der Waals surface area (Å²) in [5, 5.41) is 3.32. The number of halogens is 1. The normalized spacial score (nSPS) is 12.4. The molecule has 0 unspecified atom stereocenters. The quantitative estimate of drug-likeness (QED) is 0.318. The minimum Gasteiger partial charge on any atom is -0.350 e. The summed E-state index contributed by atoms with van der Waals surface area (Å²) in [4.78, 5) is 29.0. The summed E-state index contributed by atoms with van der Waals surface area (Å²) >= 11 is 6.28. The van der Waals surface area contributed by atoms with Crippen LogP contribution in [0.25, 0.3) is 0 Å². The fourth-order valence-electron chi connectivity index (χ4n) is 4.43. The Morgan fingerprint density at radius 3 is 2.12 bits per heavy atom. The van der Waals surface area contributed by atoms with Gasteiger partial charge in [0.05, 0.1) is 10.6 Å². The summed E-state index contributed by atoms with van der Waals surface area (Å²) in [7, 11) is -4.14. The average molecular weight is 584 g/mol. The predicted molar refractivity (Wildman–Crippen MR) is 161 cm³/mol. The molecular formula is C31H38ClN3O4S. The van der Waals surface area contributed by atoms with Gasteiger partial charge in [0.1, 0.15) is 12.6 Å². The van der Waals surface area contributed by atoms with E-state index in [0.29, 0.717) is 29.1 Å². The first-order valence-corrected chi connectivity index (χ1v) is 15.1. The molecule has 0 radical (unpaired) electrons. The molecule has 0 aliphatic heterocycles. The maximum absolute atomic E-state index is 14.1. The largest absolute Gasteiger partial charge is 0.350 e. The molecule has 2 amide bonds. The van der Waals surface area contributed by atoms with Crippen molar-refractivity contribution >= 4 is 39.1 Å². The number of nitrogens with one attached hydrogen (secondary N) is 1. The molecule has 1 N–H and O–H groups in total. The lowest BCUT2D eigenvalue weighted by molar-refractivity contribution is -0.140. The van der Waals surface area contributed by atoms with Gasteiger partial charge in [-0.25, -0.2) is 8.42 Å². The van der Waals surface area contributed by atoms with E-state index in [2.05, 4.69) is 5.32 Å². The molecule has 0 aromatic heterocycles. The second kappa shape index (κ2) is 13.3. The molecule has 7 nitrogen and oxygen atoms in total. The molecule has 0 fully saturated rings. The Balaban J connectivity index is 2.05. The van der Waals surface area contributed by atoms with E-state index in [0.717, 1.165) is 9.87 Å². The van der Waals surface area contributed by atoms with Gasteiger partial charge in [0.25, 0.3) is 10.0 Å². The van der Waals surface area contributed by atoms with Gasteiger partial charge >= 0.3 is 0 Å². The zero-order chi connectivity index (χ0) is 29.5. The number of carbonyl (C=O) groups excluding carboxylic acids is 2. The lowest BCUT2D eigenvalue weighted by atomic mass is 10.1. The highest BCUT2D eigenvalue weighted by atomic mass is 35.5. The Labute approximate surface area is 243 Å². The Morgan fingerprint density at radius 1 is 0.950 bits per heavy atom. The van der Waals surface area contributed by atoms with Crippen molar-refractivity contribution < 1.29 is 18.0 Å². The summed E-state index contributed by atoms with van der Waals surface area (Å²) < 4.78 is 28.9. The van der Waals surface area contributed by atoms with Crippen LogP contribution in [0.3, 0.4) is 0 Å². The number of benzene rings is 3. The lowest BCUT2D eigenvalue weighted by Gasteiger charge is -2.35. The minimum absolute atomic E-state index is 0.0514. The molecule has 0 bridgehead atoms. The number of hydrogen-bond acceptors (Lipinski definition) is 4. The van der Waals surface area contributed by atoms with Crippen LogP contribution in [0.5, 0.6) is 0 Å². The number of nitrogens with zero attached hydrogens (tertiary/aromatic N) is 2. The first-order chi connectivity index (χ1) is 18.8. The highest BCUT2D eigenvalue weighted by Gasteiger charge is 2.34. The van der Waals surface area contributed by atoms with E-state index in [1.165, 1.54) is 17.0 Å². The summed E-state index contributed by atoms with van der Waals surface area (Å²) in [6, 6.07) is 21.8. The van der Waals surface area contributed by atoms with Crippen molar-refractivity contribution in [3.63, 3.8) is 0 Å². The van der Waals surface area contributed by atoms with E-state index in [1.807, 2.05) is 58.0 Å². The predicted octanol–water partition coefficient (Wildman–Crippen LogP) is 5.61. The van der Waals surface area contributed by atoms with Crippen molar-refractivity contribution in [3.8, 4) is 0 Å². The summed E-state index contributed by atoms with van der Waals surface area (Å²) in [5.41, 5.74) is 1.45. The SMILES string of the molecule is CC[C@H](C(=O)NC(C)(C)C)N(CCc1ccccc1)C(=O)CN(c1cc(Cl)ccc1C)S(=O)(=O)c1ccccc1. The summed E-state index contributed by atoms with van der Waals surface area (Å²) in [6.07, 6.45) is 0.873. The topological polar surface area (TPSA) is 86.8 Å². The van der Waals surface area contributed by atoms with Crippen LogP contribution in [0.4, 0.5) is 5.69 Å². The van der Waals surface area contributed by atoms with Crippen LogP contribution in [0.2, 0.25) is 5.02 Å². The third-order valence-electron chi connectivity index (χ3n) is 6.42. The monoisotopic (exact) mass is 583 g/mol. The van der Waals surface area contributed by atoms with Crippen LogP contribution >= 0.6 is 11.6 Å². The van der Waals surface area contributed by atoms with Crippen molar-refractivity contribution in [2.24, 2.45) is 0 Å². The van der Waals surface area contributed by atoms with E-state index in [1.54, 1.807) is 43.3 Å². The van der Waals surface area contributed by atoms with Gasteiger partial charge in [-0.05, 0) is 75.9 Å². The first-order valence-electron chi connectivity index (χ1n) is 13.3. The Hall–Kier alpha value is -3.36. The maximum atomic E-state index is 14.1. The molecule has 40 heavy (non-hydrogen) atoms. The third-order valence-corrected chi connectivity index (χ3v) is 8.43. The number of amides is 2. The highest BCUT2D eigenvalue weighted by Crippen LogP contribution is 2.30. The van der Waals surface area contributed by atoms with Crippen molar-refractivity contribution in [3.05, 3.63) is 95.0 Å². The number of aryl methyl sites for hydroxylation is 1. The Morgan fingerprint density at radius 2 is 1.55 bits per heavy atom. The molecule has 3 rings (SSSR count). The fourth-order valence-corrected chi connectivity index (χ4v) is 6.09. The molecule has 214 valence electrons. The van der Waals surface area contributed by atoms with Gasteiger partial charge in [-0.1, -0.05) is 73.1 Å². The van der Waals surface area contributed by atoms with Crippen LogP contribution in [0.15, 0.2) is 83.8 Å². The second-order valence-corrected chi connectivity index (χ2v) is 13.0. The molecule has 0 aliphatic rings. The van der Waals surface area contributed by atoms with E-state index >= 15 is 0 Å². The fraction of sp³-hybridized carbons (Fsp3) is 0.355. The number of rotatable bonds is 11. The van der Waals surface area contributed by atoms with Crippen molar-refractivity contribution in [1.82, 2.24) is 10.2 Å². The van der Waals surface area contributed by atoms with Gasteiger partial charge in [-0.15, -0.1) is 0 Å². The lowest BCUT2D eigenvalue weighted by Crippen LogP contribution is -2.56. The van der Waals surface area contributed by atoms with Gasteiger partial charge < -0.3 is 10.2 Å². The molecule has 3 aromatic carbocycles. The first kappa shape index (κ1) is 31.2. The summed E-state index contributed by atoms with van der Waals surface area (Å²) in [6.45, 7) is 8.99. The highest BCUT2D eigenvalue weighted by molar-refractivity contribution is 7.92. The molecular weight excluding hydrogens is 546 g/mol. The van der Waals surface area contributed by atoms with Crippen LogP contribution in [-0.4, -0.2) is 49.8 Å². The van der Waals surface area contributed by atoms with Crippen molar-refractivity contribution in [2.75, 3.05) is 17.4 Å². The number of anilines is 1. The molecule has 0 saturated carbocycles. The molecule has 0 aliphatic carbocycles. The standard InChI is InChI=1S/C31H38ClN3O4S/c1-6-27(30(37)33-31(3,4)5)34(20-19-24-13-9-7-10-14-24)29(36)22-35(28-21-25(32)18-17-23(28)2)40(38,39)26-15-11-8-12-16-26/h7-18,21,27H,6,19-20,22H2,1-5H3,(H,33,37)/t27-/m1/s1. The number of hydrogen-bond donors (Lipinski definition) is 1. The van der Waals surface area contributed by atoms with E-state index < -0.39 is 34.1 Å². The average Bonchev–Trinajstić information content (AvgIpc) is 2.91. The zero-order valence-corrected chi connectivity index (χ0v) is 25.3. The van der Waals surface area contributed by atoms with Crippen LogP contribution in [0.1, 0.15) is 45.2 Å². The molecule has 0 saturated heterocycles. The smallest absolute Gasteiger partial charge is 0.264 e. The molecule has 3 aromatic rings. The zero-order valence-electron chi connectivity index (χ0n) is 23.7. The Bertz CT molecular complexity index is 1410. The number of carbonyl (C=O) groups is 2. The molecule has 1 atom stereocenters. The van der Waals surface area contributed by atoms with E-state index in [-0.39, 0.29) is 17.3 Å². The van der Waals surface area contributed by atoms with Gasteiger partial charge in [0.2, 0.25) is 11.8 Å². The maximum Gasteiger partial charge on any atom is 0.264 e.